The molecule has 0 unspecified atom stereocenters. The van der Waals surface area contributed by atoms with Crippen LogP contribution < -0.4 is 10.7 Å². The Morgan fingerprint density at radius 3 is 2.54 bits per heavy atom. The van der Waals surface area contributed by atoms with Gasteiger partial charge in [0.2, 0.25) is 11.3 Å². The van der Waals surface area contributed by atoms with E-state index in [4.69, 9.17) is 4.52 Å². The maximum atomic E-state index is 12.7. The third-order valence-corrected chi connectivity index (χ3v) is 3.93. The Bertz CT molecular complexity index is 1070. The molecule has 2 aromatic heterocycles. The fourth-order valence-electron chi connectivity index (χ4n) is 2.60. The minimum atomic E-state index is -0.652. The van der Waals surface area contributed by atoms with E-state index in [9.17, 15) is 14.4 Å². The van der Waals surface area contributed by atoms with E-state index in [0.717, 1.165) is 10.6 Å². The number of aryl methyl sites for hydroxylation is 2. The number of rotatable bonds is 5. The Balaban J connectivity index is 1.79. The van der Waals surface area contributed by atoms with Gasteiger partial charge in [-0.15, -0.1) is 0 Å². The molecular weight excluding hydrogens is 362 g/mol. The van der Waals surface area contributed by atoms with Gasteiger partial charge in [0.1, 0.15) is 5.76 Å². The molecule has 3 rings (SSSR count). The van der Waals surface area contributed by atoms with E-state index in [2.05, 4.69) is 15.6 Å². The number of benzene rings is 1. The van der Waals surface area contributed by atoms with E-state index in [1.165, 1.54) is 17.8 Å². The molecule has 0 fully saturated rings. The topological polar surface area (TPSA) is 110 Å². The summed E-state index contributed by atoms with van der Waals surface area (Å²) in [6.45, 7) is 3.15. The van der Waals surface area contributed by atoms with Crippen molar-refractivity contribution in [3.63, 3.8) is 0 Å². The zero-order valence-electron chi connectivity index (χ0n) is 15.7. The van der Waals surface area contributed by atoms with E-state index in [1.54, 1.807) is 19.9 Å². The predicted octanol–water partition coefficient (Wildman–Crippen LogP) is 1.55. The average molecular weight is 381 g/mol. The highest BCUT2D eigenvalue weighted by molar-refractivity contribution is 5.97. The van der Waals surface area contributed by atoms with Gasteiger partial charge < -0.3 is 14.7 Å². The van der Waals surface area contributed by atoms with Gasteiger partial charge in [-0.25, -0.2) is 4.68 Å². The molecule has 0 aliphatic heterocycles. The van der Waals surface area contributed by atoms with Gasteiger partial charge in [0.05, 0.1) is 12.2 Å². The van der Waals surface area contributed by atoms with Gasteiger partial charge in [-0.3, -0.25) is 14.4 Å². The zero-order valence-corrected chi connectivity index (χ0v) is 15.7. The summed E-state index contributed by atoms with van der Waals surface area (Å²) in [5.74, 6) is -0.325. The van der Waals surface area contributed by atoms with Crippen LogP contribution in [0.25, 0.3) is 5.69 Å². The highest BCUT2D eigenvalue weighted by Crippen LogP contribution is 2.09. The Morgan fingerprint density at radius 2 is 1.89 bits per heavy atom. The molecule has 0 aliphatic carbocycles. The minimum absolute atomic E-state index is 0.253. The second kappa shape index (κ2) is 7.87. The van der Waals surface area contributed by atoms with Crippen molar-refractivity contribution in [3.05, 3.63) is 69.8 Å². The first kappa shape index (κ1) is 19.0. The van der Waals surface area contributed by atoms with E-state index < -0.39 is 17.2 Å². The summed E-state index contributed by atoms with van der Waals surface area (Å²) in [6, 6.07) is 12.1. The highest BCUT2D eigenvalue weighted by Gasteiger charge is 2.21. The van der Waals surface area contributed by atoms with Crippen molar-refractivity contribution in [1.82, 2.24) is 19.8 Å². The molecule has 0 saturated heterocycles. The number of nitrogens with zero attached hydrogens (tertiary/aromatic N) is 4. The number of carbonyl (C=O) groups is 2. The number of hydrogen-bond acceptors (Lipinski definition) is 6. The molecule has 28 heavy (non-hydrogen) atoms. The van der Waals surface area contributed by atoms with Gasteiger partial charge in [0.15, 0.2) is 11.5 Å². The summed E-state index contributed by atoms with van der Waals surface area (Å²) in [6.07, 6.45) is 0. The highest BCUT2D eigenvalue weighted by atomic mass is 16.5. The molecule has 3 aromatic rings. The number of para-hydroxylation sites is 1. The van der Waals surface area contributed by atoms with Crippen LogP contribution in [0, 0.1) is 13.8 Å². The molecule has 0 bridgehead atoms. The second-order valence-electron chi connectivity index (χ2n) is 6.28. The first-order valence-corrected chi connectivity index (χ1v) is 8.50. The molecule has 1 aromatic carbocycles. The van der Waals surface area contributed by atoms with Crippen molar-refractivity contribution in [2.75, 3.05) is 18.9 Å². The zero-order chi connectivity index (χ0) is 20.3. The maximum absolute atomic E-state index is 12.7. The number of hydrogen-bond donors (Lipinski definition) is 1. The molecular formula is C19H19N5O4. The lowest BCUT2D eigenvalue weighted by Crippen LogP contribution is -2.38. The van der Waals surface area contributed by atoms with Crippen LogP contribution in [0.3, 0.4) is 0 Å². The van der Waals surface area contributed by atoms with Crippen molar-refractivity contribution in [1.29, 1.82) is 0 Å². The summed E-state index contributed by atoms with van der Waals surface area (Å²) in [4.78, 5) is 38.2. The van der Waals surface area contributed by atoms with E-state index >= 15 is 0 Å². The quantitative estimate of drug-likeness (QED) is 0.718. The Kier molecular flexibility index (Phi) is 5.35. The third-order valence-electron chi connectivity index (χ3n) is 3.93. The van der Waals surface area contributed by atoms with Crippen molar-refractivity contribution in [3.8, 4) is 5.69 Å². The van der Waals surface area contributed by atoms with Crippen LogP contribution in [0.5, 0.6) is 0 Å². The summed E-state index contributed by atoms with van der Waals surface area (Å²) in [7, 11) is 1.42. The molecule has 9 heteroatoms. The monoisotopic (exact) mass is 381 g/mol. The average Bonchev–Trinajstić information content (AvgIpc) is 3.06. The molecule has 0 radical (unpaired) electrons. The third kappa shape index (κ3) is 4.14. The SMILES string of the molecule is Cc1cc(NC(=O)CN(C)C(=O)c2nn(-c3ccccc3)c(C)cc2=O)no1. The van der Waals surface area contributed by atoms with Gasteiger partial charge >= 0.3 is 0 Å². The Morgan fingerprint density at radius 1 is 1.18 bits per heavy atom. The first-order valence-electron chi connectivity index (χ1n) is 8.50. The molecule has 2 amide bonds. The molecule has 0 aliphatic rings. The summed E-state index contributed by atoms with van der Waals surface area (Å²) in [5.41, 5.74) is 0.543. The molecule has 0 spiro atoms. The normalized spacial score (nSPS) is 10.5. The number of nitrogens with one attached hydrogen (secondary N) is 1. The molecule has 9 nitrogen and oxygen atoms in total. The van der Waals surface area contributed by atoms with E-state index in [-0.39, 0.29) is 18.1 Å². The summed E-state index contributed by atoms with van der Waals surface area (Å²) in [5, 5.41) is 10.4. The Hall–Kier alpha value is -3.75. The van der Waals surface area contributed by atoms with Crippen molar-refractivity contribution in [2.24, 2.45) is 0 Å². The van der Waals surface area contributed by atoms with Crippen molar-refractivity contribution >= 4 is 17.6 Å². The van der Waals surface area contributed by atoms with Crippen LogP contribution in [0.4, 0.5) is 5.82 Å². The minimum Gasteiger partial charge on any atom is -0.360 e. The van der Waals surface area contributed by atoms with Crippen LogP contribution in [-0.2, 0) is 4.79 Å². The second-order valence-corrected chi connectivity index (χ2v) is 6.28. The van der Waals surface area contributed by atoms with Crippen molar-refractivity contribution in [2.45, 2.75) is 13.8 Å². The van der Waals surface area contributed by atoms with Crippen molar-refractivity contribution < 1.29 is 14.1 Å². The fourth-order valence-corrected chi connectivity index (χ4v) is 2.60. The largest absolute Gasteiger partial charge is 0.360 e. The number of anilines is 1. The standard InChI is InChI=1S/C19H19N5O4/c1-12-9-15(25)18(21-24(12)14-7-5-4-6-8-14)19(27)23(3)11-17(26)20-16-10-13(2)28-22-16/h4-10H,11H2,1-3H3,(H,20,22,26). The van der Waals surface area contributed by atoms with E-state index in [1.807, 2.05) is 30.3 Å². The molecule has 0 saturated carbocycles. The van der Waals surface area contributed by atoms with Crippen LogP contribution >= 0.6 is 0 Å². The van der Waals surface area contributed by atoms with Gasteiger partial charge in [-0.1, -0.05) is 23.4 Å². The molecule has 144 valence electrons. The van der Waals surface area contributed by atoms with Gasteiger partial charge in [0, 0.05) is 24.9 Å². The molecule has 1 N–H and O–H groups in total. The lowest BCUT2D eigenvalue weighted by atomic mass is 10.2. The molecule has 0 atom stereocenters. The summed E-state index contributed by atoms with van der Waals surface area (Å²) >= 11 is 0. The first-order chi connectivity index (χ1) is 13.3. The van der Waals surface area contributed by atoms with Crippen LogP contribution in [0.2, 0.25) is 0 Å². The van der Waals surface area contributed by atoms with Crippen LogP contribution in [0.1, 0.15) is 21.9 Å². The van der Waals surface area contributed by atoms with Crippen LogP contribution in [-0.4, -0.2) is 45.2 Å². The number of carbonyl (C=O) groups excluding carboxylic acids is 2. The van der Waals surface area contributed by atoms with Gasteiger partial charge in [-0.2, -0.15) is 5.10 Å². The smallest absolute Gasteiger partial charge is 0.278 e. The van der Waals surface area contributed by atoms with Gasteiger partial charge in [-0.05, 0) is 26.0 Å². The maximum Gasteiger partial charge on any atom is 0.278 e. The Labute approximate surface area is 160 Å². The van der Waals surface area contributed by atoms with Crippen LogP contribution in [0.15, 0.2) is 51.8 Å². The summed E-state index contributed by atoms with van der Waals surface area (Å²) < 4.78 is 6.38. The molecule has 2 heterocycles. The number of likely N-dealkylation sites (N-methyl/N-ethyl adjacent to an activating group) is 1. The fraction of sp³-hybridized carbons (Fsp3) is 0.211. The lowest BCUT2D eigenvalue weighted by Gasteiger charge is -2.17. The lowest BCUT2D eigenvalue weighted by molar-refractivity contribution is -0.116. The van der Waals surface area contributed by atoms with Gasteiger partial charge in [0.25, 0.3) is 5.91 Å². The number of aromatic nitrogens is 3. The number of amides is 2. The van der Waals surface area contributed by atoms with E-state index in [0.29, 0.717) is 11.5 Å². The predicted molar refractivity (Wildman–Crippen MR) is 101 cm³/mol.